The summed E-state index contributed by atoms with van der Waals surface area (Å²) in [6.07, 6.45) is 0. The normalized spacial score (nSPS) is 11.6. The molecule has 0 atom stereocenters. The number of nitrogens with two attached hydrogens (primary N) is 1. The zero-order valence-electron chi connectivity index (χ0n) is 11.6. The van der Waals surface area contributed by atoms with Crippen LogP contribution in [-0.4, -0.2) is 14.8 Å². The van der Waals surface area contributed by atoms with Crippen molar-refractivity contribution in [2.75, 3.05) is 5.73 Å². The van der Waals surface area contributed by atoms with E-state index in [4.69, 9.17) is 10.2 Å². The van der Waals surface area contributed by atoms with Crippen LogP contribution >= 0.6 is 11.8 Å². The van der Waals surface area contributed by atoms with Gasteiger partial charge in [-0.2, -0.15) is 5.10 Å². The van der Waals surface area contributed by atoms with Crippen molar-refractivity contribution < 1.29 is 4.42 Å². The molecule has 1 aromatic carbocycles. The average Bonchev–Trinajstić information content (AvgIpc) is 2.94. The molecule has 0 aliphatic heterocycles. The summed E-state index contributed by atoms with van der Waals surface area (Å²) in [6, 6.07) is 7.94. The topological polar surface area (TPSA) is 69.9 Å². The van der Waals surface area contributed by atoms with Gasteiger partial charge in [-0.1, -0.05) is 12.1 Å². The molecule has 20 heavy (non-hydrogen) atoms. The van der Waals surface area contributed by atoms with Gasteiger partial charge in [-0.05, 0) is 44.7 Å². The fraction of sp³-hybridized carbons (Fsp3) is 0.286. The van der Waals surface area contributed by atoms with E-state index in [9.17, 15) is 0 Å². The van der Waals surface area contributed by atoms with Crippen LogP contribution < -0.4 is 5.73 Å². The second-order valence-corrected chi connectivity index (χ2v) is 5.83. The predicted molar refractivity (Wildman–Crippen MR) is 79.9 cm³/mol. The molecule has 0 fully saturated rings. The van der Waals surface area contributed by atoms with Crippen molar-refractivity contribution in [2.45, 2.75) is 37.1 Å². The summed E-state index contributed by atoms with van der Waals surface area (Å²) in [5.74, 6) is 0. The van der Waals surface area contributed by atoms with E-state index in [1.54, 1.807) is 0 Å². The van der Waals surface area contributed by atoms with E-state index in [1.165, 1.54) is 11.8 Å². The number of nitrogen functional groups attached to an aromatic ring is 1. The van der Waals surface area contributed by atoms with E-state index < -0.39 is 0 Å². The highest BCUT2D eigenvalue weighted by molar-refractivity contribution is 7.99. The SMILES string of the molecule is Cc1nn(C(C)C)c(Sc2nc3ccccc3o2)c1N. The zero-order chi connectivity index (χ0) is 14.3. The van der Waals surface area contributed by atoms with Crippen LogP contribution in [0.1, 0.15) is 25.6 Å². The summed E-state index contributed by atoms with van der Waals surface area (Å²) in [7, 11) is 0. The van der Waals surface area contributed by atoms with Gasteiger partial charge in [0.25, 0.3) is 5.22 Å². The van der Waals surface area contributed by atoms with Crippen LogP contribution in [0.15, 0.2) is 38.9 Å². The highest BCUT2D eigenvalue weighted by Crippen LogP contribution is 2.36. The number of para-hydroxylation sites is 2. The molecule has 2 N–H and O–H groups in total. The number of nitrogens with zero attached hydrogens (tertiary/aromatic N) is 3. The molecule has 3 rings (SSSR count). The molecule has 5 nitrogen and oxygen atoms in total. The molecule has 2 aromatic heterocycles. The van der Waals surface area contributed by atoms with Gasteiger partial charge in [0.2, 0.25) is 0 Å². The van der Waals surface area contributed by atoms with Crippen LogP contribution in [0.25, 0.3) is 11.1 Å². The average molecular weight is 288 g/mol. The molecule has 0 spiro atoms. The molecule has 104 valence electrons. The van der Waals surface area contributed by atoms with Gasteiger partial charge < -0.3 is 10.2 Å². The van der Waals surface area contributed by atoms with Crippen molar-refractivity contribution in [1.29, 1.82) is 0 Å². The Labute approximate surface area is 121 Å². The third-order valence-corrected chi connectivity index (χ3v) is 3.98. The summed E-state index contributed by atoms with van der Waals surface area (Å²) in [6.45, 7) is 6.05. The first-order valence-corrected chi connectivity index (χ1v) is 7.26. The summed E-state index contributed by atoms with van der Waals surface area (Å²) in [4.78, 5) is 4.46. The van der Waals surface area contributed by atoms with Gasteiger partial charge in [0.05, 0.1) is 11.4 Å². The van der Waals surface area contributed by atoms with E-state index in [2.05, 4.69) is 23.9 Å². The molecule has 6 heteroatoms. The number of rotatable bonds is 3. The molecule has 0 saturated carbocycles. The number of fused-ring (bicyclic) bond motifs is 1. The van der Waals surface area contributed by atoms with Crippen LogP contribution in [0.2, 0.25) is 0 Å². The molecular formula is C14H16N4OS. The molecule has 0 unspecified atom stereocenters. The maximum absolute atomic E-state index is 6.11. The first-order valence-electron chi connectivity index (χ1n) is 6.44. The van der Waals surface area contributed by atoms with E-state index in [0.717, 1.165) is 21.8 Å². The summed E-state index contributed by atoms with van der Waals surface area (Å²) in [5.41, 5.74) is 9.25. The van der Waals surface area contributed by atoms with E-state index >= 15 is 0 Å². The van der Waals surface area contributed by atoms with Gasteiger partial charge >= 0.3 is 0 Å². The molecule has 0 saturated heterocycles. The number of benzene rings is 1. The van der Waals surface area contributed by atoms with Crippen molar-refractivity contribution in [2.24, 2.45) is 0 Å². The third kappa shape index (κ3) is 2.16. The Bertz CT molecular complexity index is 727. The lowest BCUT2D eigenvalue weighted by Crippen LogP contribution is -2.04. The monoisotopic (exact) mass is 288 g/mol. The maximum Gasteiger partial charge on any atom is 0.263 e. The fourth-order valence-corrected chi connectivity index (χ4v) is 3.01. The molecule has 0 amide bonds. The Hall–Kier alpha value is -1.95. The van der Waals surface area contributed by atoms with Crippen molar-refractivity contribution in [1.82, 2.24) is 14.8 Å². The number of hydrogen-bond acceptors (Lipinski definition) is 5. The molecule has 0 radical (unpaired) electrons. The van der Waals surface area contributed by atoms with Gasteiger partial charge in [-0.15, -0.1) is 0 Å². The molecule has 0 aliphatic carbocycles. The van der Waals surface area contributed by atoms with Crippen molar-refractivity contribution in [3.05, 3.63) is 30.0 Å². The largest absolute Gasteiger partial charge is 0.431 e. The summed E-state index contributed by atoms with van der Waals surface area (Å²) >= 11 is 1.41. The Morgan fingerprint density at radius 1 is 1.30 bits per heavy atom. The first-order chi connectivity index (χ1) is 9.56. The van der Waals surface area contributed by atoms with Crippen LogP contribution in [0, 0.1) is 6.92 Å². The number of anilines is 1. The molecule has 0 bridgehead atoms. The van der Waals surface area contributed by atoms with Gasteiger partial charge in [0, 0.05) is 6.04 Å². The smallest absolute Gasteiger partial charge is 0.263 e. The molecule has 2 heterocycles. The highest BCUT2D eigenvalue weighted by Gasteiger charge is 2.18. The summed E-state index contributed by atoms with van der Waals surface area (Å²) in [5, 5.41) is 5.92. The lowest BCUT2D eigenvalue weighted by atomic mass is 10.3. The van der Waals surface area contributed by atoms with Gasteiger partial charge in [0.15, 0.2) is 5.58 Å². The van der Waals surface area contributed by atoms with E-state index in [0.29, 0.717) is 10.9 Å². The lowest BCUT2D eigenvalue weighted by Gasteiger charge is -2.09. The standard InChI is InChI=1S/C14H16N4OS/c1-8(2)18-13(12(15)9(3)17-18)20-14-16-10-6-4-5-7-11(10)19-14/h4-8H,15H2,1-3H3. The number of oxazole rings is 1. The van der Waals surface area contributed by atoms with Crippen molar-refractivity contribution >= 4 is 28.5 Å². The first kappa shape index (κ1) is 13.1. The van der Waals surface area contributed by atoms with Crippen molar-refractivity contribution in [3.8, 4) is 0 Å². The van der Waals surface area contributed by atoms with Gasteiger partial charge in [-0.25, -0.2) is 4.98 Å². The fourth-order valence-electron chi connectivity index (χ4n) is 1.97. The quantitative estimate of drug-likeness (QED) is 0.796. The molecule has 3 aromatic rings. The molecular weight excluding hydrogens is 272 g/mol. The number of hydrogen-bond donors (Lipinski definition) is 1. The minimum Gasteiger partial charge on any atom is -0.431 e. The van der Waals surface area contributed by atoms with Crippen LogP contribution in [0.3, 0.4) is 0 Å². The van der Waals surface area contributed by atoms with Crippen LogP contribution in [0.5, 0.6) is 0 Å². The molecule has 0 aliphatic rings. The third-order valence-electron chi connectivity index (χ3n) is 3.03. The van der Waals surface area contributed by atoms with Gasteiger partial charge in [0.1, 0.15) is 10.5 Å². The van der Waals surface area contributed by atoms with E-state index in [-0.39, 0.29) is 6.04 Å². The van der Waals surface area contributed by atoms with Gasteiger partial charge in [-0.3, -0.25) is 4.68 Å². The Balaban J connectivity index is 2.02. The van der Waals surface area contributed by atoms with Crippen LogP contribution in [-0.2, 0) is 0 Å². The lowest BCUT2D eigenvalue weighted by molar-refractivity contribution is 0.475. The Morgan fingerprint density at radius 3 is 2.75 bits per heavy atom. The zero-order valence-corrected chi connectivity index (χ0v) is 12.4. The minimum absolute atomic E-state index is 0.234. The Morgan fingerprint density at radius 2 is 2.05 bits per heavy atom. The van der Waals surface area contributed by atoms with Crippen molar-refractivity contribution in [3.63, 3.8) is 0 Å². The van der Waals surface area contributed by atoms with E-state index in [1.807, 2.05) is 35.9 Å². The second kappa shape index (κ2) is 4.86. The predicted octanol–water partition coefficient (Wildman–Crippen LogP) is 3.65. The number of aryl methyl sites for hydroxylation is 1. The minimum atomic E-state index is 0.234. The Kier molecular flexibility index (Phi) is 3.17. The second-order valence-electron chi connectivity index (χ2n) is 4.89. The number of aromatic nitrogens is 3. The highest BCUT2D eigenvalue weighted by atomic mass is 32.2. The van der Waals surface area contributed by atoms with Crippen LogP contribution in [0.4, 0.5) is 5.69 Å². The summed E-state index contributed by atoms with van der Waals surface area (Å²) < 4.78 is 7.63. The maximum atomic E-state index is 6.11.